The molecule has 1 aromatic carbocycles. The van der Waals surface area contributed by atoms with Crippen molar-refractivity contribution in [1.29, 1.82) is 0 Å². The summed E-state index contributed by atoms with van der Waals surface area (Å²) in [6.45, 7) is 2.03. The predicted octanol–water partition coefficient (Wildman–Crippen LogP) is 1.25. The SMILES string of the molecule is O=C1Nc2cc(N3CCNCC3)c(C(F)(F)F)cc2C1=O. The van der Waals surface area contributed by atoms with E-state index in [-0.39, 0.29) is 16.9 Å². The summed E-state index contributed by atoms with van der Waals surface area (Å²) in [5, 5.41) is 5.37. The number of rotatable bonds is 1. The highest BCUT2D eigenvalue weighted by Gasteiger charge is 2.39. The molecule has 2 aliphatic rings. The Morgan fingerprint density at radius 3 is 2.38 bits per heavy atom. The summed E-state index contributed by atoms with van der Waals surface area (Å²) >= 11 is 0. The molecular weight excluding hydrogens is 287 g/mol. The standard InChI is InChI=1S/C13H12F3N3O2/c14-13(15,16)8-5-7-9(18-12(21)11(7)20)6-10(8)19-3-1-17-2-4-19/h5-6,17H,1-4H2,(H,18,20,21). The highest BCUT2D eigenvalue weighted by atomic mass is 19.4. The molecule has 8 heteroatoms. The second-order valence-electron chi connectivity index (χ2n) is 4.93. The van der Waals surface area contributed by atoms with Crippen LogP contribution in [-0.2, 0) is 11.0 Å². The molecule has 0 bridgehead atoms. The number of nitrogens with one attached hydrogen (secondary N) is 2. The van der Waals surface area contributed by atoms with Crippen LogP contribution in [0.1, 0.15) is 15.9 Å². The first-order valence-electron chi connectivity index (χ1n) is 6.44. The Bertz CT molecular complexity index is 622. The number of anilines is 2. The first-order valence-corrected chi connectivity index (χ1v) is 6.44. The van der Waals surface area contributed by atoms with Crippen LogP contribution in [0.15, 0.2) is 12.1 Å². The molecule has 0 atom stereocenters. The second-order valence-corrected chi connectivity index (χ2v) is 4.93. The number of fused-ring (bicyclic) bond motifs is 1. The Kier molecular flexibility index (Phi) is 3.12. The third kappa shape index (κ3) is 2.35. The maximum Gasteiger partial charge on any atom is 0.418 e. The number of piperazine rings is 1. The van der Waals surface area contributed by atoms with Crippen molar-refractivity contribution in [3.05, 3.63) is 23.3 Å². The topological polar surface area (TPSA) is 61.4 Å². The van der Waals surface area contributed by atoms with Gasteiger partial charge in [0.25, 0.3) is 11.7 Å². The summed E-state index contributed by atoms with van der Waals surface area (Å²) in [6.07, 6.45) is -4.58. The van der Waals surface area contributed by atoms with Crippen LogP contribution in [0.25, 0.3) is 0 Å². The summed E-state index contributed by atoms with van der Waals surface area (Å²) in [6, 6.07) is 2.01. The van der Waals surface area contributed by atoms with Crippen molar-refractivity contribution in [3.63, 3.8) is 0 Å². The van der Waals surface area contributed by atoms with Crippen LogP contribution in [0.3, 0.4) is 0 Å². The summed E-state index contributed by atoms with van der Waals surface area (Å²) in [4.78, 5) is 24.5. The van der Waals surface area contributed by atoms with Gasteiger partial charge in [0.15, 0.2) is 0 Å². The van der Waals surface area contributed by atoms with Crippen molar-refractivity contribution < 1.29 is 22.8 Å². The largest absolute Gasteiger partial charge is 0.418 e. The van der Waals surface area contributed by atoms with Crippen LogP contribution < -0.4 is 15.5 Å². The summed E-state index contributed by atoms with van der Waals surface area (Å²) in [7, 11) is 0. The molecule has 2 heterocycles. The van der Waals surface area contributed by atoms with Crippen molar-refractivity contribution in [2.24, 2.45) is 0 Å². The van der Waals surface area contributed by atoms with Crippen LogP contribution in [0.2, 0.25) is 0 Å². The number of carbonyl (C=O) groups excluding carboxylic acids is 2. The van der Waals surface area contributed by atoms with E-state index in [1.807, 2.05) is 0 Å². The number of alkyl halides is 3. The first kappa shape index (κ1) is 13.9. The third-order valence-electron chi connectivity index (χ3n) is 3.60. The fraction of sp³-hybridized carbons (Fsp3) is 0.385. The maximum atomic E-state index is 13.2. The molecule has 0 aromatic heterocycles. The van der Waals surface area contributed by atoms with Gasteiger partial charge in [0, 0.05) is 26.2 Å². The Hall–Kier alpha value is -2.09. The molecular formula is C13H12F3N3O2. The molecule has 0 unspecified atom stereocenters. The highest BCUT2D eigenvalue weighted by Crippen LogP contribution is 2.41. The molecule has 0 saturated carbocycles. The van der Waals surface area contributed by atoms with Crippen molar-refractivity contribution in [2.75, 3.05) is 36.4 Å². The lowest BCUT2D eigenvalue weighted by Gasteiger charge is -2.31. The van der Waals surface area contributed by atoms with Gasteiger partial charge in [-0.2, -0.15) is 13.2 Å². The summed E-state index contributed by atoms with van der Waals surface area (Å²) < 4.78 is 39.7. The van der Waals surface area contributed by atoms with E-state index in [1.165, 1.54) is 6.07 Å². The molecule has 112 valence electrons. The fourth-order valence-electron chi connectivity index (χ4n) is 2.58. The second kappa shape index (κ2) is 4.73. The molecule has 1 aromatic rings. The Balaban J connectivity index is 2.12. The maximum absolute atomic E-state index is 13.2. The van der Waals surface area contributed by atoms with Crippen molar-refractivity contribution in [3.8, 4) is 0 Å². The molecule has 1 fully saturated rings. The molecule has 2 N–H and O–H groups in total. The zero-order valence-electron chi connectivity index (χ0n) is 10.9. The molecule has 5 nitrogen and oxygen atoms in total. The summed E-state index contributed by atoms with van der Waals surface area (Å²) in [5.74, 6) is -1.82. The van der Waals surface area contributed by atoms with Gasteiger partial charge >= 0.3 is 6.18 Å². The molecule has 2 aliphatic heterocycles. The number of Topliss-reactive ketones (excluding diaryl/α,β-unsaturated/α-hetero) is 1. The van der Waals surface area contributed by atoms with Crippen LogP contribution in [0.5, 0.6) is 0 Å². The average Bonchev–Trinajstić information content (AvgIpc) is 2.72. The highest BCUT2D eigenvalue weighted by molar-refractivity contribution is 6.51. The molecule has 0 spiro atoms. The van der Waals surface area contributed by atoms with Crippen molar-refractivity contribution in [2.45, 2.75) is 6.18 Å². The van der Waals surface area contributed by atoms with Crippen LogP contribution in [0.4, 0.5) is 24.5 Å². The van der Waals surface area contributed by atoms with E-state index in [4.69, 9.17) is 0 Å². The lowest BCUT2D eigenvalue weighted by Crippen LogP contribution is -2.44. The van der Waals surface area contributed by atoms with Gasteiger partial charge in [0.05, 0.1) is 22.5 Å². The molecule has 0 radical (unpaired) electrons. The summed E-state index contributed by atoms with van der Waals surface area (Å²) in [5.41, 5.74) is -0.955. The smallest absolute Gasteiger partial charge is 0.368 e. The van der Waals surface area contributed by atoms with E-state index in [0.29, 0.717) is 26.2 Å². The van der Waals surface area contributed by atoms with E-state index in [9.17, 15) is 22.8 Å². The third-order valence-corrected chi connectivity index (χ3v) is 3.60. The monoisotopic (exact) mass is 299 g/mol. The fourth-order valence-corrected chi connectivity index (χ4v) is 2.58. The number of nitrogens with zero attached hydrogens (tertiary/aromatic N) is 1. The quantitative estimate of drug-likeness (QED) is 0.766. The zero-order chi connectivity index (χ0) is 15.2. The minimum Gasteiger partial charge on any atom is -0.368 e. The number of halogens is 3. The Morgan fingerprint density at radius 2 is 1.76 bits per heavy atom. The van der Waals surface area contributed by atoms with Gasteiger partial charge in [0.1, 0.15) is 0 Å². The first-order chi connectivity index (χ1) is 9.88. The van der Waals surface area contributed by atoms with E-state index < -0.39 is 23.4 Å². The van der Waals surface area contributed by atoms with E-state index in [0.717, 1.165) is 6.07 Å². The normalized spacial score (nSPS) is 18.7. The van der Waals surface area contributed by atoms with E-state index >= 15 is 0 Å². The Morgan fingerprint density at radius 1 is 1.10 bits per heavy atom. The Labute approximate surface area is 118 Å². The van der Waals surface area contributed by atoms with Crippen molar-refractivity contribution >= 4 is 23.1 Å². The molecule has 21 heavy (non-hydrogen) atoms. The van der Waals surface area contributed by atoms with Gasteiger partial charge in [-0.1, -0.05) is 0 Å². The van der Waals surface area contributed by atoms with Crippen LogP contribution in [0, 0.1) is 0 Å². The van der Waals surface area contributed by atoms with E-state index in [1.54, 1.807) is 4.90 Å². The zero-order valence-corrected chi connectivity index (χ0v) is 10.9. The molecule has 1 amide bonds. The van der Waals surface area contributed by atoms with Gasteiger partial charge < -0.3 is 15.5 Å². The number of hydrogen-bond donors (Lipinski definition) is 2. The lowest BCUT2D eigenvalue weighted by atomic mass is 10.0. The van der Waals surface area contributed by atoms with Crippen LogP contribution >= 0.6 is 0 Å². The number of hydrogen-bond acceptors (Lipinski definition) is 4. The molecule has 0 aliphatic carbocycles. The number of benzene rings is 1. The minimum atomic E-state index is -4.58. The minimum absolute atomic E-state index is 0.00208. The number of amides is 1. The van der Waals surface area contributed by atoms with Crippen molar-refractivity contribution in [1.82, 2.24) is 5.32 Å². The van der Waals surface area contributed by atoms with Gasteiger partial charge in [-0.15, -0.1) is 0 Å². The number of carbonyl (C=O) groups is 2. The van der Waals surface area contributed by atoms with Gasteiger partial charge in [-0.25, -0.2) is 0 Å². The van der Waals surface area contributed by atoms with Gasteiger partial charge in [-0.05, 0) is 12.1 Å². The number of ketones is 1. The predicted molar refractivity (Wildman–Crippen MR) is 69.5 cm³/mol. The van der Waals surface area contributed by atoms with E-state index in [2.05, 4.69) is 10.6 Å². The average molecular weight is 299 g/mol. The molecule has 1 saturated heterocycles. The van der Waals surface area contributed by atoms with Gasteiger partial charge in [-0.3, -0.25) is 9.59 Å². The van der Waals surface area contributed by atoms with Crippen LogP contribution in [-0.4, -0.2) is 37.9 Å². The van der Waals surface area contributed by atoms with Gasteiger partial charge in [0.2, 0.25) is 0 Å². The molecule has 3 rings (SSSR count). The lowest BCUT2D eigenvalue weighted by molar-refractivity contribution is -0.137.